The summed E-state index contributed by atoms with van der Waals surface area (Å²) in [4.78, 5) is 12.5. The number of hydrogen-bond acceptors (Lipinski definition) is 3. The Morgan fingerprint density at radius 1 is 1.04 bits per heavy atom. The first-order valence-corrected chi connectivity index (χ1v) is 8.98. The molecule has 0 amide bonds. The molecule has 0 unspecified atom stereocenters. The number of aromatic nitrogens is 2. The Hall–Kier alpha value is -2.40. The number of halogens is 1. The van der Waals surface area contributed by atoms with Crippen LogP contribution in [0, 0.1) is 0 Å². The van der Waals surface area contributed by atoms with Gasteiger partial charge in [-0.15, -0.1) is 0 Å². The maximum Gasteiger partial charge on any atom is 0.341 e. The molecule has 1 heterocycles. The van der Waals surface area contributed by atoms with Crippen LogP contribution < -0.4 is 0 Å². The first-order chi connectivity index (χ1) is 12.2. The lowest BCUT2D eigenvalue weighted by atomic mass is 10.0. The van der Waals surface area contributed by atoms with Crippen LogP contribution in [-0.2, 0) is 17.6 Å². The molecule has 128 valence electrons. The zero-order valence-corrected chi connectivity index (χ0v) is 15.5. The summed E-state index contributed by atoms with van der Waals surface area (Å²) in [6, 6.07) is 18.0. The summed E-state index contributed by atoms with van der Waals surface area (Å²) in [5, 5.41) is 7.43. The van der Waals surface area contributed by atoms with Crippen LogP contribution in [0.3, 0.4) is 0 Å². The summed E-state index contributed by atoms with van der Waals surface area (Å²) in [6.45, 7) is 2.15. The molecule has 5 heteroatoms. The second kappa shape index (κ2) is 8.12. The van der Waals surface area contributed by atoms with Gasteiger partial charge in [0, 0.05) is 17.3 Å². The molecule has 4 nitrogen and oxygen atoms in total. The molecule has 0 saturated heterocycles. The lowest BCUT2D eigenvalue weighted by Crippen LogP contribution is -2.10. The van der Waals surface area contributed by atoms with Crippen molar-refractivity contribution in [2.45, 2.75) is 19.8 Å². The van der Waals surface area contributed by atoms with Crippen LogP contribution >= 0.6 is 15.9 Å². The number of hydrogen-bond donors (Lipinski definition) is 1. The van der Waals surface area contributed by atoms with E-state index in [1.807, 2.05) is 61.5 Å². The van der Waals surface area contributed by atoms with Crippen molar-refractivity contribution >= 4 is 21.9 Å². The molecule has 0 aliphatic heterocycles. The molecular formula is C20H19BrN2O2. The van der Waals surface area contributed by atoms with E-state index in [0.717, 1.165) is 21.3 Å². The molecular weight excluding hydrogens is 380 g/mol. The number of nitrogens with one attached hydrogen (secondary N) is 1. The number of carbonyl (C=O) groups excluding carboxylic acids is 1. The standard InChI is InChI=1S/C20H19BrN2O2/c1-2-25-20(24)19-17(12-14-6-4-3-5-7-14)22-23-18(19)13-15-8-10-16(21)11-9-15/h3-11H,2,12-13H2,1H3,(H,22,23). The number of benzene rings is 2. The predicted octanol–water partition coefficient (Wildman–Crippen LogP) is 4.53. The van der Waals surface area contributed by atoms with E-state index in [0.29, 0.717) is 30.7 Å². The maximum absolute atomic E-state index is 12.5. The second-order valence-electron chi connectivity index (χ2n) is 5.71. The summed E-state index contributed by atoms with van der Waals surface area (Å²) < 4.78 is 6.28. The van der Waals surface area contributed by atoms with Gasteiger partial charge in [-0.25, -0.2) is 4.79 Å². The van der Waals surface area contributed by atoms with Gasteiger partial charge >= 0.3 is 5.97 Å². The first-order valence-electron chi connectivity index (χ1n) is 8.19. The van der Waals surface area contributed by atoms with E-state index in [1.54, 1.807) is 0 Å². The SMILES string of the molecule is CCOC(=O)c1c(Cc2ccc(Br)cc2)n[nH]c1Cc1ccccc1. The van der Waals surface area contributed by atoms with Gasteiger partial charge in [0.2, 0.25) is 0 Å². The van der Waals surface area contributed by atoms with E-state index < -0.39 is 0 Å². The summed E-state index contributed by atoms with van der Waals surface area (Å²) in [6.07, 6.45) is 1.19. The highest BCUT2D eigenvalue weighted by atomic mass is 79.9. The summed E-state index contributed by atoms with van der Waals surface area (Å²) >= 11 is 3.43. The molecule has 1 aromatic heterocycles. The van der Waals surface area contributed by atoms with Crippen molar-refractivity contribution in [3.63, 3.8) is 0 Å². The Labute approximate surface area is 155 Å². The van der Waals surface area contributed by atoms with Gasteiger partial charge in [-0.2, -0.15) is 5.10 Å². The number of H-pyrrole nitrogens is 1. The zero-order chi connectivity index (χ0) is 17.6. The van der Waals surface area contributed by atoms with Crippen LogP contribution in [0.15, 0.2) is 59.1 Å². The molecule has 0 atom stereocenters. The summed E-state index contributed by atoms with van der Waals surface area (Å²) in [5.41, 5.74) is 4.26. The highest BCUT2D eigenvalue weighted by Gasteiger charge is 2.21. The predicted molar refractivity (Wildman–Crippen MR) is 101 cm³/mol. The van der Waals surface area contributed by atoms with E-state index in [4.69, 9.17) is 4.74 Å². The van der Waals surface area contributed by atoms with E-state index in [9.17, 15) is 4.79 Å². The third-order valence-electron chi connectivity index (χ3n) is 3.90. The van der Waals surface area contributed by atoms with Crippen LogP contribution in [-0.4, -0.2) is 22.8 Å². The Bertz CT molecular complexity index is 842. The van der Waals surface area contributed by atoms with Crippen molar-refractivity contribution in [1.29, 1.82) is 0 Å². The van der Waals surface area contributed by atoms with Crippen LogP contribution in [0.2, 0.25) is 0 Å². The fourth-order valence-electron chi connectivity index (χ4n) is 2.72. The molecule has 0 aliphatic rings. The molecule has 2 aromatic carbocycles. The largest absolute Gasteiger partial charge is 0.462 e. The van der Waals surface area contributed by atoms with Crippen molar-refractivity contribution < 1.29 is 9.53 Å². The third-order valence-corrected chi connectivity index (χ3v) is 4.43. The zero-order valence-electron chi connectivity index (χ0n) is 14.0. The molecule has 0 spiro atoms. The van der Waals surface area contributed by atoms with E-state index >= 15 is 0 Å². The Kier molecular flexibility index (Phi) is 5.66. The smallest absolute Gasteiger partial charge is 0.341 e. The topological polar surface area (TPSA) is 55.0 Å². The monoisotopic (exact) mass is 398 g/mol. The van der Waals surface area contributed by atoms with E-state index in [2.05, 4.69) is 26.1 Å². The maximum atomic E-state index is 12.5. The lowest BCUT2D eigenvalue weighted by molar-refractivity contribution is 0.0524. The fourth-order valence-corrected chi connectivity index (χ4v) is 2.98. The average Bonchev–Trinajstić information content (AvgIpc) is 3.00. The van der Waals surface area contributed by atoms with Crippen molar-refractivity contribution in [1.82, 2.24) is 10.2 Å². The van der Waals surface area contributed by atoms with Gasteiger partial charge in [0.1, 0.15) is 5.56 Å². The molecule has 1 N–H and O–H groups in total. The van der Waals surface area contributed by atoms with Gasteiger partial charge < -0.3 is 4.74 Å². The van der Waals surface area contributed by atoms with Crippen LogP contribution in [0.4, 0.5) is 0 Å². The van der Waals surface area contributed by atoms with Crippen LogP contribution in [0.1, 0.15) is 39.8 Å². The molecule has 0 saturated carbocycles. The number of aromatic amines is 1. The Morgan fingerprint density at radius 3 is 2.40 bits per heavy atom. The van der Waals surface area contributed by atoms with Crippen molar-refractivity contribution in [2.75, 3.05) is 6.61 Å². The second-order valence-corrected chi connectivity index (χ2v) is 6.63. The molecule has 0 fully saturated rings. The Morgan fingerprint density at radius 2 is 1.72 bits per heavy atom. The Balaban J connectivity index is 1.91. The number of rotatable bonds is 6. The summed E-state index contributed by atoms with van der Waals surface area (Å²) in [5.74, 6) is -0.325. The minimum absolute atomic E-state index is 0.325. The van der Waals surface area contributed by atoms with Crippen molar-refractivity contribution in [3.8, 4) is 0 Å². The normalized spacial score (nSPS) is 10.6. The molecule has 0 radical (unpaired) electrons. The van der Waals surface area contributed by atoms with E-state index in [1.165, 1.54) is 0 Å². The van der Waals surface area contributed by atoms with Crippen molar-refractivity contribution in [3.05, 3.63) is 87.1 Å². The fraction of sp³-hybridized carbons (Fsp3) is 0.200. The van der Waals surface area contributed by atoms with Gasteiger partial charge in [-0.1, -0.05) is 58.4 Å². The number of carbonyl (C=O) groups is 1. The number of ether oxygens (including phenoxy) is 1. The van der Waals surface area contributed by atoms with E-state index in [-0.39, 0.29) is 5.97 Å². The molecule has 3 aromatic rings. The summed E-state index contributed by atoms with van der Waals surface area (Å²) in [7, 11) is 0. The van der Waals surface area contributed by atoms with Crippen molar-refractivity contribution in [2.24, 2.45) is 0 Å². The highest BCUT2D eigenvalue weighted by Crippen LogP contribution is 2.21. The lowest BCUT2D eigenvalue weighted by Gasteiger charge is -2.06. The molecule has 0 bridgehead atoms. The molecule has 25 heavy (non-hydrogen) atoms. The first kappa shape index (κ1) is 17.4. The minimum atomic E-state index is -0.325. The van der Waals surface area contributed by atoms with Gasteiger partial charge in [-0.05, 0) is 30.2 Å². The number of esters is 1. The van der Waals surface area contributed by atoms with Gasteiger partial charge in [0.05, 0.1) is 18.0 Å². The highest BCUT2D eigenvalue weighted by molar-refractivity contribution is 9.10. The minimum Gasteiger partial charge on any atom is -0.462 e. The van der Waals surface area contributed by atoms with Gasteiger partial charge in [0.25, 0.3) is 0 Å². The molecule has 3 rings (SSSR count). The van der Waals surface area contributed by atoms with Gasteiger partial charge in [0.15, 0.2) is 0 Å². The third kappa shape index (κ3) is 4.37. The average molecular weight is 399 g/mol. The molecule has 0 aliphatic carbocycles. The van der Waals surface area contributed by atoms with Gasteiger partial charge in [-0.3, -0.25) is 5.10 Å². The van der Waals surface area contributed by atoms with Crippen LogP contribution in [0.25, 0.3) is 0 Å². The quantitative estimate of drug-likeness (QED) is 0.620. The number of nitrogens with zero attached hydrogens (tertiary/aromatic N) is 1. The van der Waals surface area contributed by atoms with Crippen LogP contribution in [0.5, 0.6) is 0 Å².